The van der Waals surface area contributed by atoms with Crippen LogP contribution in [0.1, 0.15) is 44.3 Å². The van der Waals surface area contributed by atoms with E-state index in [0.29, 0.717) is 23.9 Å². The normalized spacial score (nSPS) is 30.5. The number of rotatable bonds is 2. The minimum Gasteiger partial charge on any atom is -0.300 e. The van der Waals surface area contributed by atoms with Gasteiger partial charge in [-0.15, -0.1) is 0 Å². The Bertz CT molecular complexity index is 401. The Balaban J connectivity index is 1.84. The predicted octanol–water partition coefficient (Wildman–Crippen LogP) is 2.34. The molecule has 2 aliphatic heterocycles. The third-order valence-electron chi connectivity index (χ3n) is 4.17. The van der Waals surface area contributed by atoms with Crippen molar-refractivity contribution in [1.82, 2.24) is 9.88 Å². The topological polar surface area (TPSA) is 33.2 Å². The summed E-state index contributed by atoms with van der Waals surface area (Å²) in [6, 6.07) is 7.32. The number of aromatic nitrogens is 1. The molecule has 3 unspecified atom stereocenters. The molecule has 2 bridgehead atoms. The fraction of sp³-hybridized carbons (Fsp3) is 0.571. The summed E-state index contributed by atoms with van der Waals surface area (Å²) in [6.45, 7) is 2.21. The second-order valence-corrected chi connectivity index (χ2v) is 5.21. The predicted molar refractivity (Wildman–Crippen MR) is 65.5 cm³/mol. The van der Waals surface area contributed by atoms with Crippen LogP contribution in [0.4, 0.5) is 0 Å². The first kappa shape index (κ1) is 10.9. The molecule has 2 fully saturated rings. The van der Waals surface area contributed by atoms with Gasteiger partial charge in [-0.2, -0.15) is 0 Å². The van der Waals surface area contributed by atoms with Gasteiger partial charge < -0.3 is 0 Å². The van der Waals surface area contributed by atoms with Gasteiger partial charge in [0.25, 0.3) is 0 Å². The Labute approximate surface area is 102 Å². The Kier molecular flexibility index (Phi) is 2.71. The van der Waals surface area contributed by atoms with E-state index in [1.54, 1.807) is 0 Å². The number of hydrogen-bond acceptors (Lipinski definition) is 3. The molecule has 3 rings (SSSR count). The van der Waals surface area contributed by atoms with Crippen molar-refractivity contribution in [1.29, 1.82) is 0 Å². The highest BCUT2D eigenvalue weighted by Gasteiger charge is 2.42. The van der Waals surface area contributed by atoms with Crippen molar-refractivity contribution in [2.24, 2.45) is 0 Å². The molecule has 2 saturated heterocycles. The van der Waals surface area contributed by atoms with Crippen LogP contribution >= 0.6 is 0 Å². The van der Waals surface area contributed by atoms with E-state index in [9.17, 15) is 4.79 Å². The molecular weight excluding hydrogens is 212 g/mol. The fourth-order valence-electron chi connectivity index (χ4n) is 3.41. The van der Waals surface area contributed by atoms with Crippen LogP contribution in [0.15, 0.2) is 24.4 Å². The molecule has 1 aromatic rings. The van der Waals surface area contributed by atoms with Crippen molar-refractivity contribution in [2.75, 3.05) is 0 Å². The first-order valence-corrected chi connectivity index (χ1v) is 6.46. The molecule has 0 aliphatic carbocycles. The molecule has 0 saturated carbocycles. The van der Waals surface area contributed by atoms with Crippen LogP contribution in [0, 0.1) is 0 Å². The minimum absolute atomic E-state index is 0.335. The Morgan fingerprint density at radius 2 is 2.00 bits per heavy atom. The maximum absolute atomic E-state index is 11.6. The maximum Gasteiger partial charge on any atom is 0.136 e. The monoisotopic (exact) mass is 230 g/mol. The second-order valence-electron chi connectivity index (χ2n) is 5.21. The van der Waals surface area contributed by atoms with Crippen molar-refractivity contribution >= 4 is 5.78 Å². The molecule has 3 atom stereocenters. The lowest BCUT2D eigenvalue weighted by molar-refractivity contribution is -0.124. The van der Waals surface area contributed by atoms with Gasteiger partial charge in [0.1, 0.15) is 5.78 Å². The molecule has 3 heteroatoms. The first-order valence-electron chi connectivity index (χ1n) is 6.46. The summed E-state index contributed by atoms with van der Waals surface area (Å²) >= 11 is 0. The highest BCUT2D eigenvalue weighted by Crippen LogP contribution is 2.39. The maximum atomic E-state index is 11.6. The zero-order chi connectivity index (χ0) is 11.8. The molecule has 90 valence electrons. The van der Waals surface area contributed by atoms with Crippen molar-refractivity contribution < 1.29 is 4.79 Å². The molecular formula is C14H18N2O. The van der Waals surface area contributed by atoms with Crippen LogP contribution in [0.3, 0.4) is 0 Å². The number of piperidine rings is 1. The highest BCUT2D eigenvalue weighted by molar-refractivity contribution is 5.81. The standard InChI is InChI=1S/C14H18N2O/c1-10(14-4-2-3-7-15-14)16-11-5-6-12(16)9-13(17)8-11/h2-4,7,10-12H,5-6,8-9H2,1H3. The largest absolute Gasteiger partial charge is 0.300 e. The van der Waals surface area contributed by atoms with Crippen molar-refractivity contribution in [2.45, 2.75) is 50.7 Å². The third-order valence-corrected chi connectivity index (χ3v) is 4.17. The molecule has 0 amide bonds. The van der Waals surface area contributed by atoms with E-state index in [2.05, 4.69) is 22.9 Å². The van der Waals surface area contributed by atoms with Gasteiger partial charge in [0, 0.05) is 37.2 Å². The Morgan fingerprint density at radius 3 is 2.59 bits per heavy atom. The summed E-state index contributed by atoms with van der Waals surface area (Å²) in [5, 5.41) is 0. The summed E-state index contributed by atoms with van der Waals surface area (Å²) in [6.07, 6.45) is 5.69. The number of carbonyl (C=O) groups excluding carboxylic acids is 1. The Hall–Kier alpha value is -1.22. The molecule has 0 N–H and O–H groups in total. The fourth-order valence-corrected chi connectivity index (χ4v) is 3.41. The quantitative estimate of drug-likeness (QED) is 0.782. The number of nitrogens with zero attached hydrogens (tertiary/aromatic N) is 2. The molecule has 3 heterocycles. The number of hydrogen-bond donors (Lipinski definition) is 0. The van der Waals surface area contributed by atoms with Crippen LogP contribution < -0.4 is 0 Å². The van der Waals surface area contributed by atoms with Gasteiger partial charge in [-0.05, 0) is 31.9 Å². The van der Waals surface area contributed by atoms with Gasteiger partial charge in [-0.3, -0.25) is 14.7 Å². The molecule has 2 aliphatic rings. The summed E-state index contributed by atoms with van der Waals surface area (Å²) in [5.41, 5.74) is 1.12. The summed E-state index contributed by atoms with van der Waals surface area (Å²) in [7, 11) is 0. The second kappa shape index (κ2) is 4.22. The van der Waals surface area contributed by atoms with E-state index >= 15 is 0 Å². The average molecular weight is 230 g/mol. The highest BCUT2D eigenvalue weighted by atomic mass is 16.1. The van der Waals surface area contributed by atoms with E-state index in [0.717, 1.165) is 18.5 Å². The molecule has 17 heavy (non-hydrogen) atoms. The van der Waals surface area contributed by atoms with E-state index < -0.39 is 0 Å². The van der Waals surface area contributed by atoms with Crippen LogP contribution in [0.25, 0.3) is 0 Å². The minimum atomic E-state index is 0.335. The van der Waals surface area contributed by atoms with Crippen LogP contribution in [-0.2, 0) is 4.79 Å². The van der Waals surface area contributed by atoms with Crippen molar-refractivity contribution in [3.63, 3.8) is 0 Å². The zero-order valence-corrected chi connectivity index (χ0v) is 10.2. The number of pyridine rings is 1. The molecule has 1 aromatic heterocycles. The van der Waals surface area contributed by atoms with Crippen LogP contribution in [-0.4, -0.2) is 27.8 Å². The van der Waals surface area contributed by atoms with Crippen LogP contribution in [0.2, 0.25) is 0 Å². The number of Topliss-reactive ketones (excluding diaryl/α,β-unsaturated/α-hetero) is 1. The van der Waals surface area contributed by atoms with Gasteiger partial charge in [-0.25, -0.2) is 0 Å². The lowest BCUT2D eigenvalue weighted by atomic mass is 9.98. The Morgan fingerprint density at radius 1 is 1.29 bits per heavy atom. The summed E-state index contributed by atoms with van der Waals surface area (Å²) in [5.74, 6) is 0.446. The van der Waals surface area contributed by atoms with Crippen molar-refractivity contribution in [3.8, 4) is 0 Å². The number of carbonyl (C=O) groups is 1. The average Bonchev–Trinajstić information content (AvgIpc) is 2.62. The molecule has 0 spiro atoms. The SMILES string of the molecule is CC(c1ccccn1)N1C2CCC1CC(=O)C2. The third kappa shape index (κ3) is 1.89. The van der Waals surface area contributed by atoms with Gasteiger partial charge >= 0.3 is 0 Å². The van der Waals surface area contributed by atoms with E-state index in [4.69, 9.17) is 0 Å². The van der Waals surface area contributed by atoms with Gasteiger partial charge in [0.2, 0.25) is 0 Å². The van der Waals surface area contributed by atoms with E-state index in [1.807, 2.05) is 18.3 Å². The molecule has 0 aromatic carbocycles. The number of fused-ring (bicyclic) bond motifs is 2. The lowest BCUT2D eigenvalue weighted by Crippen LogP contribution is -2.44. The van der Waals surface area contributed by atoms with Gasteiger partial charge in [-0.1, -0.05) is 6.07 Å². The summed E-state index contributed by atoms with van der Waals surface area (Å²) < 4.78 is 0. The van der Waals surface area contributed by atoms with Crippen LogP contribution in [0.5, 0.6) is 0 Å². The number of ketones is 1. The first-order chi connectivity index (χ1) is 8.25. The van der Waals surface area contributed by atoms with E-state index in [1.165, 1.54) is 12.8 Å². The van der Waals surface area contributed by atoms with Gasteiger partial charge in [0.15, 0.2) is 0 Å². The van der Waals surface area contributed by atoms with Crippen molar-refractivity contribution in [3.05, 3.63) is 30.1 Å². The van der Waals surface area contributed by atoms with E-state index in [-0.39, 0.29) is 0 Å². The smallest absolute Gasteiger partial charge is 0.136 e. The lowest BCUT2D eigenvalue weighted by Gasteiger charge is -2.38. The molecule has 0 radical (unpaired) electrons. The zero-order valence-electron chi connectivity index (χ0n) is 10.2. The molecule has 3 nitrogen and oxygen atoms in total. The van der Waals surface area contributed by atoms with Gasteiger partial charge in [0.05, 0.1) is 5.69 Å². The summed E-state index contributed by atoms with van der Waals surface area (Å²) in [4.78, 5) is 18.5.